The van der Waals surface area contributed by atoms with Crippen LogP contribution in [0, 0.1) is 0 Å². The van der Waals surface area contributed by atoms with Crippen molar-refractivity contribution in [3.05, 3.63) is 186 Å². The van der Waals surface area contributed by atoms with E-state index in [0.717, 1.165) is 5.69 Å². The first kappa shape index (κ1) is 31.6. The molecule has 0 N–H and O–H groups in total. The minimum absolute atomic E-state index is 0.100. The zero-order valence-electron chi connectivity index (χ0n) is 30.9. The van der Waals surface area contributed by atoms with Crippen LogP contribution >= 0.6 is 11.3 Å². The largest absolute Gasteiger partial charge is 0.310 e. The molecule has 0 aliphatic heterocycles. The lowest BCUT2D eigenvalue weighted by Crippen LogP contribution is -2.27. The second-order valence-electron chi connectivity index (χ2n) is 16.1. The van der Waals surface area contributed by atoms with E-state index in [1.54, 1.807) is 0 Å². The van der Waals surface area contributed by atoms with Gasteiger partial charge in [0.25, 0.3) is 0 Å². The highest BCUT2D eigenvalue weighted by atomic mass is 32.1. The van der Waals surface area contributed by atoms with Crippen molar-refractivity contribution in [2.24, 2.45) is 0 Å². The van der Waals surface area contributed by atoms with Gasteiger partial charge in [-0.2, -0.15) is 0 Å². The molecule has 9 aromatic rings. The van der Waals surface area contributed by atoms with Gasteiger partial charge in [-0.15, -0.1) is 11.3 Å². The van der Waals surface area contributed by atoms with Crippen LogP contribution in [0.1, 0.15) is 49.9 Å². The molecule has 0 saturated heterocycles. The normalized spacial score (nSPS) is 14.6. The van der Waals surface area contributed by atoms with Crippen molar-refractivity contribution in [3.63, 3.8) is 0 Å². The number of thiophene rings is 1. The minimum atomic E-state index is -0.278. The van der Waals surface area contributed by atoms with Gasteiger partial charge in [0.1, 0.15) is 0 Å². The van der Waals surface area contributed by atoms with Crippen molar-refractivity contribution in [3.8, 4) is 33.4 Å². The molecule has 0 radical (unpaired) electrons. The Morgan fingerprint density at radius 3 is 2.00 bits per heavy atom. The summed E-state index contributed by atoms with van der Waals surface area (Å²) >= 11 is 1.91. The predicted molar refractivity (Wildman–Crippen MR) is 232 cm³/mol. The highest BCUT2D eigenvalue weighted by Gasteiger charge is 2.39. The number of nitrogens with zero attached hydrogens (tertiary/aromatic N) is 1. The average molecular weight is 710 g/mol. The standard InChI is InChI=1S/C52H39NS/c1-51(2)42-23-10-8-18-35(42)36-30-28-34(31-44(36)51)53(33-16-6-5-7-17-33)45-25-14-22-41-48-38(29-27-32-15-12-24-43(47(32)48)52(3,4)49(41)45)40-21-13-20-39-37-19-9-11-26-46(37)54-50(39)40/h5-31H,1-4H3. The second-order valence-corrected chi connectivity index (χ2v) is 17.1. The molecule has 8 aromatic carbocycles. The molecule has 0 unspecified atom stereocenters. The van der Waals surface area contributed by atoms with Gasteiger partial charge in [-0.25, -0.2) is 0 Å². The van der Waals surface area contributed by atoms with Gasteiger partial charge >= 0.3 is 0 Å². The van der Waals surface area contributed by atoms with E-state index in [9.17, 15) is 0 Å². The van der Waals surface area contributed by atoms with Crippen molar-refractivity contribution in [2.75, 3.05) is 4.90 Å². The van der Waals surface area contributed by atoms with Gasteiger partial charge in [0.2, 0.25) is 0 Å². The van der Waals surface area contributed by atoms with Crippen molar-refractivity contribution in [1.82, 2.24) is 0 Å². The molecule has 0 spiro atoms. The van der Waals surface area contributed by atoms with E-state index >= 15 is 0 Å². The van der Waals surface area contributed by atoms with Crippen LogP contribution in [0.25, 0.3) is 64.3 Å². The van der Waals surface area contributed by atoms with Gasteiger partial charge in [0.05, 0.1) is 5.69 Å². The lowest BCUT2D eigenvalue weighted by molar-refractivity contribution is 0.645. The fourth-order valence-electron chi connectivity index (χ4n) is 9.93. The Morgan fingerprint density at radius 1 is 0.444 bits per heavy atom. The fourth-order valence-corrected chi connectivity index (χ4v) is 11.2. The van der Waals surface area contributed by atoms with Gasteiger partial charge in [0.15, 0.2) is 0 Å². The highest BCUT2D eigenvalue weighted by molar-refractivity contribution is 7.26. The predicted octanol–water partition coefficient (Wildman–Crippen LogP) is 15.0. The fraction of sp³-hybridized carbons (Fsp3) is 0.115. The third-order valence-corrected chi connectivity index (χ3v) is 13.7. The van der Waals surface area contributed by atoms with Gasteiger partial charge < -0.3 is 4.90 Å². The van der Waals surface area contributed by atoms with E-state index in [0.29, 0.717) is 0 Å². The van der Waals surface area contributed by atoms with Crippen molar-refractivity contribution in [1.29, 1.82) is 0 Å². The minimum Gasteiger partial charge on any atom is -0.310 e. The number of anilines is 3. The van der Waals surface area contributed by atoms with Gasteiger partial charge in [-0.05, 0) is 97.2 Å². The number of hydrogen-bond donors (Lipinski definition) is 0. The molecule has 258 valence electrons. The number of fused-ring (bicyclic) bond motifs is 8. The summed E-state index contributed by atoms with van der Waals surface area (Å²) in [5, 5.41) is 5.32. The third kappa shape index (κ3) is 4.26. The van der Waals surface area contributed by atoms with Crippen molar-refractivity contribution >= 4 is 59.3 Å². The Labute approximate surface area is 320 Å². The molecular weight excluding hydrogens is 671 g/mol. The number of benzene rings is 8. The second kappa shape index (κ2) is 11.3. The van der Waals surface area contributed by atoms with Crippen LogP contribution in [0.5, 0.6) is 0 Å². The molecule has 0 bridgehead atoms. The molecule has 0 atom stereocenters. The van der Waals surface area contributed by atoms with E-state index < -0.39 is 0 Å². The summed E-state index contributed by atoms with van der Waals surface area (Å²) in [5.41, 5.74) is 16.6. The Kier molecular flexibility index (Phi) is 6.59. The van der Waals surface area contributed by atoms with Crippen LogP contribution in [-0.2, 0) is 10.8 Å². The van der Waals surface area contributed by atoms with Gasteiger partial charge in [-0.1, -0.05) is 155 Å². The SMILES string of the molecule is CC1(C)c2ccccc2-c2ccc(N(c3ccccc3)c3cccc4c3C(C)(C)c3cccc5ccc(-c6cccc7c6sc6ccccc67)c-4c35)cc21. The van der Waals surface area contributed by atoms with E-state index in [1.807, 2.05) is 11.3 Å². The summed E-state index contributed by atoms with van der Waals surface area (Å²) in [4.78, 5) is 2.51. The topological polar surface area (TPSA) is 3.24 Å². The average Bonchev–Trinajstić information content (AvgIpc) is 3.69. The molecular formula is C52H39NS. The van der Waals surface area contributed by atoms with E-state index in [4.69, 9.17) is 0 Å². The van der Waals surface area contributed by atoms with E-state index in [-0.39, 0.29) is 10.8 Å². The number of hydrogen-bond acceptors (Lipinski definition) is 2. The molecule has 2 aliphatic rings. The molecule has 0 saturated carbocycles. The van der Waals surface area contributed by atoms with E-state index in [1.165, 1.54) is 98.0 Å². The van der Waals surface area contributed by atoms with Gasteiger partial charge in [-0.3, -0.25) is 0 Å². The molecule has 2 aliphatic carbocycles. The van der Waals surface area contributed by atoms with Crippen LogP contribution in [0.15, 0.2) is 164 Å². The quantitative estimate of drug-likeness (QED) is 0.176. The summed E-state index contributed by atoms with van der Waals surface area (Å²) in [6.07, 6.45) is 0. The lowest BCUT2D eigenvalue weighted by Gasteiger charge is -2.40. The summed E-state index contributed by atoms with van der Waals surface area (Å²) in [6.45, 7) is 9.60. The molecule has 11 rings (SSSR count). The zero-order chi connectivity index (χ0) is 36.3. The Hall–Kier alpha value is -5.96. The maximum Gasteiger partial charge on any atom is 0.0508 e. The van der Waals surface area contributed by atoms with Crippen LogP contribution in [0.2, 0.25) is 0 Å². The summed E-state index contributed by atoms with van der Waals surface area (Å²) in [5.74, 6) is 0. The Balaban J connectivity index is 1.20. The number of rotatable bonds is 4. The molecule has 1 nitrogen and oxygen atoms in total. The molecule has 2 heteroatoms. The monoisotopic (exact) mass is 709 g/mol. The highest BCUT2D eigenvalue weighted by Crippen LogP contribution is 2.57. The molecule has 1 aromatic heterocycles. The van der Waals surface area contributed by atoms with Crippen LogP contribution in [0.3, 0.4) is 0 Å². The van der Waals surface area contributed by atoms with Crippen molar-refractivity contribution < 1.29 is 0 Å². The molecule has 1 heterocycles. The van der Waals surface area contributed by atoms with Crippen LogP contribution < -0.4 is 4.90 Å². The molecule has 54 heavy (non-hydrogen) atoms. The third-order valence-electron chi connectivity index (χ3n) is 12.4. The smallest absolute Gasteiger partial charge is 0.0508 e. The first-order valence-corrected chi connectivity index (χ1v) is 19.8. The van der Waals surface area contributed by atoms with Gasteiger partial charge in [0, 0.05) is 47.9 Å². The Bertz CT molecular complexity index is 3000. The first-order valence-electron chi connectivity index (χ1n) is 19.0. The summed E-state index contributed by atoms with van der Waals surface area (Å²) in [7, 11) is 0. The summed E-state index contributed by atoms with van der Waals surface area (Å²) < 4.78 is 2.68. The van der Waals surface area contributed by atoms with E-state index in [2.05, 4.69) is 196 Å². The van der Waals surface area contributed by atoms with Crippen molar-refractivity contribution in [2.45, 2.75) is 38.5 Å². The number of para-hydroxylation sites is 1. The zero-order valence-corrected chi connectivity index (χ0v) is 31.8. The lowest BCUT2D eigenvalue weighted by atomic mass is 9.66. The molecule has 0 fully saturated rings. The van der Waals surface area contributed by atoms with Crippen LogP contribution in [-0.4, -0.2) is 0 Å². The first-order chi connectivity index (χ1) is 26.3. The van der Waals surface area contributed by atoms with Crippen LogP contribution in [0.4, 0.5) is 17.1 Å². The Morgan fingerprint density at radius 2 is 1.11 bits per heavy atom. The molecule has 0 amide bonds. The maximum atomic E-state index is 2.51. The summed E-state index contributed by atoms with van der Waals surface area (Å²) in [6, 6.07) is 61.4. The maximum absolute atomic E-state index is 2.51.